The summed E-state index contributed by atoms with van der Waals surface area (Å²) in [6.45, 7) is 0. The molecular formula is C23H23N3O3S. The van der Waals surface area contributed by atoms with Crippen LogP contribution in [0.25, 0.3) is 0 Å². The normalized spacial score (nSPS) is 13.6. The zero-order chi connectivity index (χ0) is 21.1. The molecule has 0 saturated heterocycles. The summed E-state index contributed by atoms with van der Waals surface area (Å²) < 4.78 is 27.6. The van der Waals surface area contributed by atoms with Gasteiger partial charge < -0.3 is 10.2 Å². The van der Waals surface area contributed by atoms with E-state index in [1.54, 1.807) is 24.3 Å². The van der Waals surface area contributed by atoms with E-state index in [9.17, 15) is 13.2 Å². The smallest absolute Gasteiger partial charge is 0.257 e. The van der Waals surface area contributed by atoms with E-state index >= 15 is 0 Å². The van der Waals surface area contributed by atoms with Crippen molar-refractivity contribution in [1.29, 1.82) is 0 Å². The molecule has 30 heavy (non-hydrogen) atoms. The molecule has 1 aliphatic carbocycles. The average molecular weight is 422 g/mol. The first-order valence-electron chi connectivity index (χ1n) is 9.75. The fourth-order valence-electron chi connectivity index (χ4n) is 3.18. The van der Waals surface area contributed by atoms with Crippen LogP contribution in [0.5, 0.6) is 0 Å². The molecule has 1 fully saturated rings. The minimum Gasteiger partial charge on any atom is -0.344 e. The van der Waals surface area contributed by atoms with E-state index in [2.05, 4.69) is 10.0 Å². The predicted octanol–water partition coefficient (Wildman–Crippen LogP) is 4.15. The topological polar surface area (TPSA) is 78.5 Å². The molecule has 6 nitrogen and oxygen atoms in total. The first kappa shape index (κ1) is 20.1. The molecule has 2 N–H and O–H groups in total. The van der Waals surface area contributed by atoms with Gasteiger partial charge in [0.15, 0.2) is 0 Å². The molecule has 4 rings (SSSR count). The Hall–Kier alpha value is -3.16. The fraction of sp³-hybridized carbons (Fsp3) is 0.174. The van der Waals surface area contributed by atoms with Crippen LogP contribution in [0.1, 0.15) is 23.2 Å². The summed E-state index contributed by atoms with van der Waals surface area (Å²) in [6.07, 6.45) is 1.72. The monoisotopic (exact) mass is 421 g/mol. The number of carbonyl (C=O) groups is 1. The molecule has 3 aromatic rings. The number of nitrogens with one attached hydrogen (secondary N) is 2. The van der Waals surface area contributed by atoms with Crippen LogP contribution in [0.4, 0.5) is 17.1 Å². The second-order valence-electron chi connectivity index (χ2n) is 7.29. The number of hydrogen-bond acceptors (Lipinski definition) is 4. The van der Waals surface area contributed by atoms with Crippen molar-refractivity contribution in [3.05, 3.63) is 84.4 Å². The Morgan fingerprint density at radius 3 is 2.37 bits per heavy atom. The van der Waals surface area contributed by atoms with Crippen LogP contribution in [-0.2, 0) is 10.0 Å². The van der Waals surface area contributed by atoms with Crippen molar-refractivity contribution in [3.8, 4) is 0 Å². The summed E-state index contributed by atoms with van der Waals surface area (Å²) in [5.41, 5.74) is 2.63. The number of nitrogens with zero attached hydrogens (tertiary/aromatic N) is 1. The quantitative estimate of drug-likeness (QED) is 0.601. The van der Waals surface area contributed by atoms with Gasteiger partial charge in [-0.1, -0.05) is 36.4 Å². The maximum atomic E-state index is 13.0. The fourth-order valence-corrected chi connectivity index (χ4v) is 4.53. The summed E-state index contributed by atoms with van der Waals surface area (Å²) >= 11 is 0. The lowest BCUT2D eigenvalue weighted by molar-refractivity contribution is 0.102. The van der Waals surface area contributed by atoms with Gasteiger partial charge in [0.2, 0.25) is 10.0 Å². The van der Waals surface area contributed by atoms with Gasteiger partial charge in [-0.15, -0.1) is 0 Å². The highest BCUT2D eigenvalue weighted by Crippen LogP contribution is 2.28. The van der Waals surface area contributed by atoms with E-state index in [0.717, 1.165) is 24.2 Å². The van der Waals surface area contributed by atoms with Gasteiger partial charge in [-0.05, 0) is 55.3 Å². The number of anilines is 3. The van der Waals surface area contributed by atoms with Crippen molar-refractivity contribution < 1.29 is 13.2 Å². The lowest BCUT2D eigenvalue weighted by atomic mass is 10.1. The SMILES string of the molecule is CN(c1ccccc1)c1ccccc1C(=O)Nc1cccc(S(=O)(=O)NC2CC2)c1. The van der Waals surface area contributed by atoms with Gasteiger partial charge in [-0.3, -0.25) is 4.79 Å². The first-order chi connectivity index (χ1) is 14.4. The van der Waals surface area contributed by atoms with Crippen LogP contribution in [0.2, 0.25) is 0 Å². The number of para-hydroxylation sites is 2. The average Bonchev–Trinajstić information content (AvgIpc) is 3.57. The van der Waals surface area contributed by atoms with E-state index in [-0.39, 0.29) is 16.8 Å². The number of sulfonamides is 1. The number of hydrogen-bond donors (Lipinski definition) is 2. The van der Waals surface area contributed by atoms with Crippen LogP contribution in [0.15, 0.2) is 83.8 Å². The van der Waals surface area contributed by atoms with Gasteiger partial charge in [0, 0.05) is 24.5 Å². The van der Waals surface area contributed by atoms with Gasteiger partial charge in [0.1, 0.15) is 0 Å². The lowest BCUT2D eigenvalue weighted by Crippen LogP contribution is -2.25. The van der Waals surface area contributed by atoms with Crippen molar-refractivity contribution >= 4 is 33.0 Å². The van der Waals surface area contributed by atoms with Crippen LogP contribution in [0.3, 0.4) is 0 Å². The highest BCUT2D eigenvalue weighted by molar-refractivity contribution is 7.89. The maximum absolute atomic E-state index is 13.0. The van der Waals surface area contributed by atoms with E-state index in [1.807, 2.05) is 54.4 Å². The summed E-state index contributed by atoms with van der Waals surface area (Å²) in [5, 5.41) is 2.83. The Labute approximate surface area is 176 Å². The van der Waals surface area contributed by atoms with Gasteiger partial charge in [-0.25, -0.2) is 13.1 Å². The molecule has 3 aromatic carbocycles. The number of amides is 1. The second-order valence-corrected chi connectivity index (χ2v) is 9.00. The third-order valence-corrected chi connectivity index (χ3v) is 6.47. The first-order valence-corrected chi connectivity index (χ1v) is 11.2. The summed E-state index contributed by atoms with van der Waals surface area (Å²) in [5.74, 6) is -0.307. The van der Waals surface area contributed by atoms with Crippen LogP contribution in [0, 0.1) is 0 Å². The zero-order valence-corrected chi connectivity index (χ0v) is 17.4. The predicted molar refractivity (Wildman–Crippen MR) is 119 cm³/mol. The van der Waals surface area contributed by atoms with Crippen LogP contribution in [-0.4, -0.2) is 27.4 Å². The third kappa shape index (κ3) is 4.53. The Balaban J connectivity index is 1.57. The molecule has 0 atom stereocenters. The van der Waals surface area contributed by atoms with Crippen molar-refractivity contribution in [2.24, 2.45) is 0 Å². The van der Waals surface area contributed by atoms with E-state index in [0.29, 0.717) is 11.3 Å². The molecule has 1 amide bonds. The zero-order valence-electron chi connectivity index (χ0n) is 16.6. The van der Waals surface area contributed by atoms with Gasteiger partial charge in [0.25, 0.3) is 5.91 Å². The molecule has 154 valence electrons. The van der Waals surface area contributed by atoms with E-state index in [4.69, 9.17) is 0 Å². The number of carbonyl (C=O) groups excluding carboxylic acids is 1. The Bertz CT molecular complexity index is 1160. The molecule has 7 heteroatoms. The summed E-state index contributed by atoms with van der Waals surface area (Å²) in [7, 11) is -1.69. The molecule has 0 spiro atoms. The Morgan fingerprint density at radius 2 is 1.63 bits per heavy atom. The molecule has 0 aromatic heterocycles. The van der Waals surface area contributed by atoms with Crippen LogP contribution >= 0.6 is 0 Å². The van der Waals surface area contributed by atoms with E-state index < -0.39 is 10.0 Å². The molecule has 0 bridgehead atoms. The van der Waals surface area contributed by atoms with Gasteiger partial charge in [0.05, 0.1) is 16.1 Å². The largest absolute Gasteiger partial charge is 0.344 e. The Kier molecular flexibility index (Phi) is 5.57. The standard InChI is InChI=1S/C23H23N3O3S/c1-26(19-9-3-2-4-10-19)22-13-6-5-12-21(22)23(27)24-18-8-7-11-20(16-18)30(28,29)25-17-14-15-17/h2-13,16-17,25H,14-15H2,1H3,(H,24,27). The van der Waals surface area contributed by atoms with Crippen molar-refractivity contribution in [2.75, 3.05) is 17.3 Å². The molecule has 1 aliphatic rings. The molecular weight excluding hydrogens is 398 g/mol. The summed E-state index contributed by atoms with van der Waals surface area (Å²) in [4.78, 5) is 15.1. The molecule has 1 saturated carbocycles. The van der Waals surface area contributed by atoms with Gasteiger partial charge >= 0.3 is 0 Å². The van der Waals surface area contributed by atoms with Crippen LogP contribution < -0.4 is 14.9 Å². The Morgan fingerprint density at radius 1 is 0.933 bits per heavy atom. The molecule has 0 unspecified atom stereocenters. The highest BCUT2D eigenvalue weighted by Gasteiger charge is 2.28. The van der Waals surface area contributed by atoms with Crippen molar-refractivity contribution in [1.82, 2.24) is 4.72 Å². The minimum absolute atomic E-state index is 0.0219. The minimum atomic E-state index is -3.59. The number of benzene rings is 3. The maximum Gasteiger partial charge on any atom is 0.257 e. The summed E-state index contributed by atoms with van der Waals surface area (Å²) in [6, 6.07) is 23.4. The second kappa shape index (κ2) is 8.30. The molecule has 0 aliphatic heterocycles. The van der Waals surface area contributed by atoms with Crippen molar-refractivity contribution in [3.63, 3.8) is 0 Å². The third-order valence-electron chi connectivity index (χ3n) is 4.95. The lowest BCUT2D eigenvalue weighted by Gasteiger charge is -2.22. The van der Waals surface area contributed by atoms with Crippen molar-refractivity contribution in [2.45, 2.75) is 23.8 Å². The molecule has 0 heterocycles. The van der Waals surface area contributed by atoms with Gasteiger partial charge in [-0.2, -0.15) is 0 Å². The molecule has 0 radical (unpaired) electrons. The number of rotatable bonds is 7. The van der Waals surface area contributed by atoms with E-state index in [1.165, 1.54) is 12.1 Å². The highest BCUT2D eigenvalue weighted by atomic mass is 32.2.